The summed E-state index contributed by atoms with van der Waals surface area (Å²) in [5.74, 6) is 0. The molecule has 0 rings (SSSR count). The van der Waals surface area contributed by atoms with E-state index in [9.17, 15) is 0 Å². The van der Waals surface area contributed by atoms with Crippen LogP contribution in [-0.4, -0.2) is 32.1 Å². The van der Waals surface area contributed by atoms with Gasteiger partial charge in [-0.25, -0.2) is 0 Å². The standard InChI is InChI=1S/2Al.N.O.H. The fraction of sp³-hybridized carbons (Fsp3) is 0. The molecule has 4 heavy (non-hydrogen) atoms. The van der Waals surface area contributed by atoms with Gasteiger partial charge in [-0.1, -0.05) is 0 Å². The van der Waals surface area contributed by atoms with Gasteiger partial charge in [-0.2, -0.15) is 0 Å². The molecule has 0 radical (unpaired) electrons. The number of hydrogen-bond donors (Lipinski definition) is 0. The van der Waals surface area contributed by atoms with E-state index in [0.29, 0.717) is 16.2 Å². The second-order valence-electron chi connectivity index (χ2n) is 0. The van der Waals surface area contributed by atoms with Gasteiger partial charge in [0.2, 0.25) is 0 Å². The van der Waals surface area contributed by atoms with Gasteiger partial charge in [-0.3, -0.25) is 0 Å². The predicted molar refractivity (Wildman–Crippen MR) is 15.3 cm³/mol. The van der Waals surface area contributed by atoms with Crippen molar-refractivity contribution in [3.63, 3.8) is 0 Å². The van der Waals surface area contributed by atoms with Crippen molar-refractivity contribution in [3.8, 4) is 0 Å². The van der Waals surface area contributed by atoms with Crippen LogP contribution in [0.4, 0.5) is 0 Å². The fourth-order valence-corrected chi connectivity index (χ4v) is 0. The summed E-state index contributed by atoms with van der Waals surface area (Å²) in [5.41, 5.74) is 0. The van der Waals surface area contributed by atoms with Gasteiger partial charge in [0.1, 0.15) is 0 Å². The van der Waals surface area contributed by atoms with E-state index in [-0.39, 0.29) is 0 Å². The first kappa shape index (κ1) is 8.82. The molecule has 4 heteroatoms. The Bertz CT molecular complexity index is 17.2. The van der Waals surface area contributed by atoms with Gasteiger partial charge in [0, 0.05) is 0 Å². The summed E-state index contributed by atoms with van der Waals surface area (Å²) >= 11 is 2.03. The molecule has 0 aromatic heterocycles. The van der Waals surface area contributed by atoms with E-state index in [1.54, 1.807) is 0 Å². The van der Waals surface area contributed by atoms with Crippen LogP contribution in [0.3, 0.4) is 0 Å². The molecule has 0 unspecified atom stereocenters. The molecule has 0 spiro atoms. The Morgan fingerprint density at radius 3 is 1.50 bits per heavy atom. The molecule has 2 nitrogen and oxygen atoms in total. The van der Waals surface area contributed by atoms with Gasteiger partial charge in [0.05, 0.1) is 0 Å². The minimum absolute atomic E-state index is 0.611. The van der Waals surface area contributed by atoms with Crippen molar-refractivity contribution < 1.29 is 3.80 Å². The van der Waals surface area contributed by atoms with Crippen LogP contribution in [0, 0.1) is 4.17 Å². The van der Waals surface area contributed by atoms with E-state index < -0.39 is 0 Å². The van der Waals surface area contributed by atoms with Crippen LogP contribution in [0.2, 0.25) is 0 Å². The Labute approximate surface area is 40.5 Å². The third kappa shape index (κ3) is 19.3. The SMILES string of the molecule is [N]#[Al].[O]=[AlH]. The van der Waals surface area contributed by atoms with Crippen LogP contribution in [0.15, 0.2) is 0 Å². The predicted octanol–water partition coefficient (Wildman–Crippen LogP) is -1.13. The number of hydrogen-bond acceptors (Lipinski definition) is 2. The molecule has 0 saturated carbocycles. The molecule has 0 aliphatic heterocycles. The van der Waals surface area contributed by atoms with Gasteiger partial charge in [-0.15, -0.1) is 0 Å². The third-order valence-corrected chi connectivity index (χ3v) is 0. The third-order valence-electron chi connectivity index (χ3n) is 0. The topological polar surface area (TPSA) is 40.9 Å². The van der Waals surface area contributed by atoms with E-state index in [1.165, 1.54) is 15.9 Å². The Hall–Kier alpha value is 0.575. The Morgan fingerprint density at radius 1 is 1.50 bits per heavy atom. The zero-order chi connectivity index (χ0) is 4.00. The van der Waals surface area contributed by atoms with Crippen LogP contribution < -0.4 is 0 Å². The van der Waals surface area contributed by atoms with Crippen molar-refractivity contribution >= 4 is 32.1 Å². The number of nitrogens with zero attached hydrogens (tertiary/aromatic N) is 1. The van der Waals surface area contributed by atoms with Crippen LogP contribution >= 0.6 is 0 Å². The van der Waals surface area contributed by atoms with E-state index in [2.05, 4.69) is 0 Å². The summed E-state index contributed by atoms with van der Waals surface area (Å²) in [6.07, 6.45) is 0. The average Bonchev–Trinajstić information content (AvgIpc) is 1.50. The Balaban J connectivity index is 0. The fourth-order valence-electron chi connectivity index (χ4n) is 0. The van der Waals surface area contributed by atoms with Gasteiger partial charge in [0.15, 0.2) is 0 Å². The molecular weight excluding hydrogens is 84.0 g/mol. The van der Waals surface area contributed by atoms with Crippen LogP contribution in [0.25, 0.3) is 0 Å². The summed E-state index contributed by atoms with van der Waals surface area (Å²) in [6, 6.07) is 0. The molecule has 0 atom stereocenters. The molecule has 0 aromatic rings. The molecule has 0 aliphatic carbocycles. The van der Waals surface area contributed by atoms with Crippen molar-refractivity contribution in [2.75, 3.05) is 0 Å². The summed E-state index contributed by atoms with van der Waals surface area (Å²) < 4.78 is 15.2. The van der Waals surface area contributed by atoms with E-state index in [1.807, 2.05) is 0 Å². The monoisotopic (exact) mass is 85.0 g/mol. The molecule has 18 valence electrons. The van der Waals surface area contributed by atoms with Crippen LogP contribution in [-0.2, 0) is 3.80 Å². The van der Waals surface area contributed by atoms with E-state index in [0.717, 1.165) is 0 Å². The molecule has 0 bridgehead atoms. The minimum atomic E-state index is 0.611. The maximum absolute atomic E-state index is 8.28. The summed E-state index contributed by atoms with van der Waals surface area (Å²) in [6.45, 7) is 0. The van der Waals surface area contributed by atoms with Gasteiger partial charge in [0.25, 0.3) is 0 Å². The first-order valence-corrected chi connectivity index (χ1v) is 1.64. The van der Waals surface area contributed by atoms with Crippen molar-refractivity contribution in [1.29, 1.82) is 4.17 Å². The summed E-state index contributed by atoms with van der Waals surface area (Å²) in [7, 11) is 0. The van der Waals surface area contributed by atoms with Gasteiger partial charge in [-0.05, 0) is 0 Å². The zero-order valence-corrected chi connectivity index (χ0v) is 4.71. The molecule has 0 amide bonds. The molecular formula is HAl2NO. The van der Waals surface area contributed by atoms with Crippen LogP contribution in [0.1, 0.15) is 0 Å². The van der Waals surface area contributed by atoms with Crippen molar-refractivity contribution in [3.05, 3.63) is 0 Å². The second-order valence-corrected chi connectivity index (χ2v) is 0. The summed E-state index contributed by atoms with van der Waals surface area (Å²) in [4.78, 5) is 0. The Morgan fingerprint density at radius 2 is 1.50 bits per heavy atom. The molecule has 0 fully saturated rings. The zero-order valence-electron chi connectivity index (χ0n) is 2.14. The molecule has 0 saturated heterocycles. The maximum atomic E-state index is 8.28. The number of rotatable bonds is 0. The first-order valence-electron chi connectivity index (χ1n) is 0.547. The van der Waals surface area contributed by atoms with Gasteiger partial charge >= 0.3 is 40.1 Å². The van der Waals surface area contributed by atoms with Crippen molar-refractivity contribution in [1.82, 2.24) is 0 Å². The quantitative estimate of drug-likeness (QED) is 0.349. The van der Waals surface area contributed by atoms with E-state index >= 15 is 0 Å². The summed E-state index contributed by atoms with van der Waals surface area (Å²) in [5, 5.41) is 0. The van der Waals surface area contributed by atoms with Crippen LogP contribution in [0.5, 0.6) is 0 Å². The molecule has 0 aliphatic rings. The Kier molecular flexibility index (Phi) is 158. The van der Waals surface area contributed by atoms with Crippen molar-refractivity contribution in [2.45, 2.75) is 0 Å². The average molecular weight is 85.0 g/mol. The second kappa shape index (κ2) is 71.7. The first-order chi connectivity index (χ1) is 2.00. The molecule has 0 N–H and O–H groups in total. The normalized spacial score (nSPS) is 2.00. The van der Waals surface area contributed by atoms with E-state index in [4.69, 9.17) is 7.97 Å². The molecule has 0 heterocycles. The van der Waals surface area contributed by atoms with Gasteiger partial charge < -0.3 is 0 Å². The van der Waals surface area contributed by atoms with Crippen molar-refractivity contribution in [2.24, 2.45) is 0 Å². The molecule has 0 aromatic carbocycles.